The standard InChI is InChI=1S/C13H16N2O2S2/c16-19(17)12-5-2-1-4-11(12)14-10-15(19)8-13(9-18)6-3-7-13/h1-2,4-5,10,18H,3,6-9H2. The minimum Gasteiger partial charge on any atom is -0.256 e. The Kier molecular flexibility index (Phi) is 3.09. The van der Waals surface area contributed by atoms with Crippen LogP contribution in [0.3, 0.4) is 0 Å². The van der Waals surface area contributed by atoms with E-state index >= 15 is 0 Å². The quantitative estimate of drug-likeness (QED) is 0.871. The molecule has 2 aliphatic rings. The Hall–Kier alpha value is -1.01. The number of aliphatic imine (C=N–C) groups is 1. The highest BCUT2D eigenvalue weighted by Gasteiger charge is 2.41. The number of benzene rings is 1. The smallest absolute Gasteiger partial charge is 0.256 e. The van der Waals surface area contributed by atoms with Gasteiger partial charge < -0.3 is 0 Å². The first-order chi connectivity index (χ1) is 9.07. The average Bonchev–Trinajstić information content (AvgIpc) is 2.36. The van der Waals surface area contributed by atoms with Gasteiger partial charge in [0, 0.05) is 6.54 Å². The highest BCUT2D eigenvalue weighted by atomic mass is 32.2. The lowest BCUT2D eigenvalue weighted by Gasteiger charge is -2.43. The molecule has 1 saturated carbocycles. The normalized spacial score (nSPS) is 22.7. The molecule has 0 saturated heterocycles. The fraction of sp³-hybridized carbons (Fsp3) is 0.462. The molecule has 1 fully saturated rings. The molecule has 0 amide bonds. The molecular formula is C13H16N2O2S2. The number of nitrogens with zero attached hydrogens (tertiary/aromatic N) is 2. The van der Waals surface area contributed by atoms with Crippen LogP contribution in [0.4, 0.5) is 5.69 Å². The number of fused-ring (bicyclic) bond motifs is 1. The van der Waals surface area contributed by atoms with Gasteiger partial charge >= 0.3 is 0 Å². The molecule has 102 valence electrons. The predicted molar refractivity (Wildman–Crippen MR) is 78.6 cm³/mol. The molecule has 0 spiro atoms. The topological polar surface area (TPSA) is 49.7 Å². The van der Waals surface area contributed by atoms with Crippen molar-refractivity contribution < 1.29 is 8.42 Å². The Morgan fingerprint density at radius 1 is 1.32 bits per heavy atom. The van der Waals surface area contributed by atoms with Crippen molar-refractivity contribution in [3.05, 3.63) is 24.3 Å². The largest absolute Gasteiger partial charge is 0.267 e. The van der Waals surface area contributed by atoms with Gasteiger partial charge in [-0.3, -0.25) is 4.31 Å². The predicted octanol–water partition coefficient (Wildman–Crippen LogP) is 2.45. The van der Waals surface area contributed by atoms with Gasteiger partial charge in [0.2, 0.25) is 0 Å². The molecule has 0 unspecified atom stereocenters. The summed E-state index contributed by atoms with van der Waals surface area (Å²) in [6.45, 7) is 0.483. The van der Waals surface area contributed by atoms with Crippen LogP contribution in [0.15, 0.2) is 34.2 Å². The maximum absolute atomic E-state index is 12.5. The molecule has 3 rings (SSSR count). The van der Waals surface area contributed by atoms with E-state index in [1.807, 2.05) is 0 Å². The maximum Gasteiger partial charge on any atom is 0.267 e. The summed E-state index contributed by atoms with van der Waals surface area (Å²) in [6, 6.07) is 6.86. The zero-order valence-corrected chi connectivity index (χ0v) is 12.2. The fourth-order valence-electron chi connectivity index (χ4n) is 2.60. The Morgan fingerprint density at radius 3 is 2.68 bits per heavy atom. The molecule has 0 radical (unpaired) electrons. The van der Waals surface area contributed by atoms with Gasteiger partial charge in [-0.1, -0.05) is 18.6 Å². The molecule has 1 aliphatic heterocycles. The number of rotatable bonds is 3. The average molecular weight is 296 g/mol. The van der Waals surface area contributed by atoms with Crippen molar-refractivity contribution in [2.45, 2.75) is 24.2 Å². The molecule has 1 aliphatic carbocycles. The molecule has 19 heavy (non-hydrogen) atoms. The SMILES string of the molecule is O=S1(=O)c2ccccc2N=CN1CC1(CS)CCC1. The van der Waals surface area contributed by atoms with Crippen LogP contribution in [0.5, 0.6) is 0 Å². The number of hydrogen-bond donors (Lipinski definition) is 1. The van der Waals surface area contributed by atoms with Crippen molar-refractivity contribution in [1.29, 1.82) is 0 Å². The second-order valence-corrected chi connectivity index (χ2v) is 7.45. The Balaban J connectivity index is 1.94. The van der Waals surface area contributed by atoms with E-state index in [1.165, 1.54) is 10.6 Å². The van der Waals surface area contributed by atoms with Crippen LogP contribution in [0.2, 0.25) is 0 Å². The maximum atomic E-state index is 12.5. The summed E-state index contributed by atoms with van der Waals surface area (Å²) < 4.78 is 26.5. The summed E-state index contributed by atoms with van der Waals surface area (Å²) in [6.07, 6.45) is 4.68. The summed E-state index contributed by atoms with van der Waals surface area (Å²) in [5.74, 6) is 0.717. The highest BCUT2D eigenvalue weighted by molar-refractivity contribution is 7.89. The number of sulfonamides is 1. The van der Waals surface area contributed by atoms with E-state index in [0.29, 0.717) is 22.9 Å². The van der Waals surface area contributed by atoms with E-state index < -0.39 is 10.0 Å². The first kappa shape index (κ1) is 13.0. The van der Waals surface area contributed by atoms with Gasteiger partial charge in [-0.15, -0.1) is 0 Å². The molecule has 1 heterocycles. The molecule has 6 heteroatoms. The lowest BCUT2D eigenvalue weighted by Crippen LogP contribution is -2.46. The molecular weight excluding hydrogens is 280 g/mol. The third-order valence-corrected chi connectivity index (χ3v) is 6.43. The Labute approximate surface area is 119 Å². The Bertz CT molecular complexity index is 616. The van der Waals surface area contributed by atoms with Crippen LogP contribution >= 0.6 is 12.6 Å². The second kappa shape index (κ2) is 4.52. The van der Waals surface area contributed by atoms with Crippen LogP contribution in [0.25, 0.3) is 0 Å². The van der Waals surface area contributed by atoms with Gasteiger partial charge in [0.15, 0.2) is 0 Å². The van der Waals surface area contributed by atoms with Gasteiger partial charge in [-0.05, 0) is 36.1 Å². The van der Waals surface area contributed by atoms with Crippen molar-refractivity contribution >= 4 is 34.7 Å². The molecule has 0 N–H and O–H groups in total. The summed E-state index contributed by atoms with van der Waals surface area (Å²) in [5.41, 5.74) is 0.543. The molecule has 0 atom stereocenters. The first-order valence-corrected chi connectivity index (χ1v) is 8.41. The third kappa shape index (κ3) is 2.07. The molecule has 0 bridgehead atoms. The lowest BCUT2D eigenvalue weighted by atomic mass is 9.70. The summed E-state index contributed by atoms with van der Waals surface area (Å²) in [4.78, 5) is 4.54. The van der Waals surface area contributed by atoms with Crippen LogP contribution in [-0.4, -0.2) is 31.4 Å². The van der Waals surface area contributed by atoms with Gasteiger partial charge in [0.25, 0.3) is 10.0 Å². The second-order valence-electron chi connectivity index (χ2n) is 5.27. The molecule has 4 nitrogen and oxygen atoms in total. The van der Waals surface area contributed by atoms with Crippen LogP contribution < -0.4 is 0 Å². The fourth-order valence-corrected chi connectivity index (χ4v) is 4.52. The number of thiol groups is 1. The molecule has 1 aromatic rings. The van der Waals surface area contributed by atoms with Crippen molar-refractivity contribution in [1.82, 2.24) is 4.31 Å². The van der Waals surface area contributed by atoms with Gasteiger partial charge in [-0.25, -0.2) is 13.4 Å². The third-order valence-electron chi connectivity index (χ3n) is 4.02. The van der Waals surface area contributed by atoms with Crippen molar-refractivity contribution in [3.8, 4) is 0 Å². The first-order valence-electron chi connectivity index (χ1n) is 6.33. The zero-order chi connectivity index (χ0) is 13.5. The van der Waals surface area contributed by atoms with Crippen molar-refractivity contribution in [2.24, 2.45) is 10.4 Å². The van der Waals surface area contributed by atoms with E-state index in [2.05, 4.69) is 17.6 Å². The number of hydrogen-bond acceptors (Lipinski definition) is 4. The van der Waals surface area contributed by atoms with Gasteiger partial charge in [-0.2, -0.15) is 12.6 Å². The van der Waals surface area contributed by atoms with Crippen molar-refractivity contribution in [2.75, 3.05) is 12.3 Å². The van der Waals surface area contributed by atoms with Gasteiger partial charge in [0.05, 0.1) is 5.69 Å². The number of para-hydroxylation sites is 1. The van der Waals surface area contributed by atoms with Crippen LogP contribution in [0, 0.1) is 5.41 Å². The summed E-state index contributed by atoms with van der Waals surface area (Å²) in [7, 11) is -3.45. The van der Waals surface area contributed by atoms with Crippen molar-refractivity contribution in [3.63, 3.8) is 0 Å². The highest BCUT2D eigenvalue weighted by Crippen LogP contribution is 2.43. The summed E-state index contributed by atoms with van der Waals surface area (Å²) in [5, 5.41) is 0. The zero-order valence-electron chi connectivity index (χ0n) is 10.5. The molecule has 0 aromatic heterocycles. The van der Waals surface area contributed by atoms with E-state index in [-0.39, 0.29) is 5.41 Å². The lowest BCUT2D eigenvalue weighted by molar-refractivity contribution is 0.150. The minimum atomic E-state index is -3.45. The minimum absolute atomic E-state index is 0.0223. The van der Waals surface area contributed by atoms with Crippen LogP contribution in [0.1, 0.15) is 19.3 Å². The van der Waals surface area contributed by atoms with E-state index in [0.717, 1.165) is 19.3 Å². The van der Waals surface area contributed by atoms with E-state index in [1.54, 1.807) is 24.3 Å². The van der Waals surface area contributed by atoms with Gasteiger partial charge in [0.1, 0.15) is 11.2 Å². The summed E-state index contributed by atoms with van der Waals surface area (Å²) >= 11 is 4.38. The van der Waals surface area contributed by atoms with E-state index in [4.69, 9.17) is 0 Å². The van der Waals surface area contributed by atoms with Crippen LogP contribution in [-0.2, 0) is 10.0 Å². The molecule has 1 aromatic carbocycles. The Morgan fingerprint density at radius 2 is 2.05 bits per heavy atom. The van der Waals surface area contributed by atoms with E-state index in [9.17, 15) is 8.42 Å². The monoisotopic (exact) mass is 296 g/mol.